The van der Waals surface area contributed by atoms with E-state index in [1.54, 1.807) is 0 Å². The highest BCUT2D eigenvalue weighted by atomic mass is 35.5. The van der Waals surface area contributed by atoms with E-state index in [9.17, 15) is 0 Å². The van der Waals surface area contributed by atoms with Gasteiger partial charge < -0.3 is 10.1 Å². The summed E-state index contributed by atoms with van der Waals surface area (Å²) in [5.74, 6) is 0. The molecule has 1 N–H and O–H groups in total. The van der Waals surface area contributed by atoms with E-state index in [1.807, 2.05) is 21.0 Å². The summed E-state index contributed by atoms with van der Waals surface area (Å²) in [7, 11) is 3.98. The van der Waals surface area contributed by atoms with E-state index in [4.69, 9.17) is 5.21 Å². The predicted octanol–water partition coefficient (Wildman–Crippen LogP) is 1.21. The normalized spacial score (nSPS) is 11.4. The van der Waals surface area contributed by atoms with Gasteiger partial charge in [0.05, 0.1) is 5.71 Å². The minimum atomic E-state index is 0. The highest BCUT2D eigenvalue weighted by Gasteiger charge is 1.92. The Hall–Kier alpha value is -0.280. The number of hydrogen-bond donors (Lipinski definition) is 1. The Labute approximate surface area is 68.1 Å². The van der Waals surface area contributed by atoms with E-state index in [2.05, 4.69) is 10.1 Å². The third-order valence-corrected chi connectivity index (χ3v) is 1.09. The molecule has 0 radical (unpaired) electrons. The van der Waals surface area contributed by atoms with Crippen molar-refractivity contribution in [2.45, 2.75) is 13.3 Å². The van der Waals surface area contributed by atoms with Crippen molar-refractivity contribution in [3.63, 3.8) is 0 Å². The van der Waals surface area contributed by atoms with Crippen molar-refractivity contribution in [1.29, 1.82) is 0 Å². The van der Waals surface area contributed by atoms with Gasteiger partial charge in [-0.1, -0.05) is 5.16 Å². The molecule has 0 aromatic rings. The number of rotatable bonds is 3. The quantitative estimate of drug-likeness (QED) is 0.389. The predicted molar refractivity (Wildman–Crippen MR) is 45.3 cm³/mol. The smallest absolute Gasteiger partial charge is 0.0552 e. The second-order valence-corrected chi connectivity index (χ2v) is 2.39. The Morgan fingerprint density at radius 2 is 2.00 bits per heavy atom. The van der Waals surface area contributed by atoms with Gasteiger partial charge in [0.15, 0.2) is 0 Å². The fraction of sp³-hybridized carbons (Fsp3) is 0.833. The molecule has 0 rings (SSSR count). The maximum Gasteiger partial charge on any atom is 0.0552 e. The van der Waals surface area contributed by atoms with E-state index in [1.165, 1.54) is 0 Å². The molecule has 0 bridgehead atoms. The SMILES string of the molecule is C/C(CCN(C)C)=N\O.Cl. The van der Waals surface area contributed by atoms with Crippen LogP contribution in [-0.2, 0) is 0 Å². The molecule has 0 heterocycles. The zero-order valence-electron chi connectivity index (χ0n) is 6.66. The van der Waals surface area contributed by atoms with Crippen LogP contribution in [0.5, 0.6) is 0 Å². The molecule has 0 saturated heterocycles. The topological polar surface area (TPSA) is 35.8 Å². The second-order valence-electron chi connectivity index (χ2n) is 2.39. The standard InChI is InChI=1S/C6H14N2O.ClH/c1-6(7-9)4-5-8(2)3;/h9H,4-5H2,1-3H3;1H/b7-6+;. The van der Waals surface area contributed by atoms with E-state index in [0.717, 1.165) is 18.7 Å². The Morgan fingerprint density at radius 3 is 2.30 bits per heavy atom. The van der Waals surface area contributed by atoms with Crippen LogP contribution in [0.1, 0.15) is 13.3 Å². The maximum absolute atomic E-state index is 8.22. The first-order valence-electron chi connectivity index (χ1n) is 2.99. The van der Waals surface area contributed by atoms with Gasteiger partial charge in [-0.25, -0.2) is 0 Å². The van der Waals surface area contributed by atoms with Crippen molar-refractivity contribution < 1.29 is 5.21 Å². The van der Waals surface area contributed by atoms with Crippen LogP contribution in [-0.4, -0.2) is 36.5 Å². The van der Waals surface area contributed by atoms with Crippen LogP contribution in [0, 0.1) is 0 Å². The van der Waals surface area contributed by atoms with Crippen LogP contribution < -0.4 is 0 Å². The lowest BCUT2D eigenvalue weighted by atomic mass is 10.3. The second kappa shape index (κ2) is 6.83. The van der Waals surface area contributed by atoms with Crippen LogP contribution in [0.25, 0.3) is 0 Å². The highest BCUT2D eigenvalue weighted by molar-refractivity contribution is 5.85. The van der Waals surface area contributed by atoms with E-state index < -0.39 is 0 Å². The Balaban J connectivity index is 0. The van der Waals surface area contributed by atoms with Crippen molar-refractivity contribution in [2.75, 3.05) is 20.6 Å². The Morgan fingerprint density at radius 1 is 1.50 bits per heavy atom. The first-order chi connectivity index (χ1) is 4.16. The molecular weight excluding hydrogens is 152 g/mol. The maximum atomic E-state index is 8.22. The molecular formula is C6H15ClN2O. The first-order valence-corrected chi connectivity index (χ1v) is 2.99. The van der Waals surface area contributed by atoms with Crippen molar-refractivity contribution in [3.05, 3.63) is 0 Å². The summed E-state index contributed by atoms with van der Waals surface area (Å²) >= 11 is 0. The molecule has 0 aliphatic heterocycles. The van der Waals surface area contributed by atoms with Gasteiger partial charge >= 0.3 is 0 Å². The Bertz CT molecular complexity index is 104. The van der Waals surface area contributed by atoms with Gasteiger partial charge in [0.1, 0.15) is 0 Å². The van der Waals surface area contributed by atoms with Gasteiger partial charge in [-0.15, -0.1) is 12.4 Å². The van der Waals surface area contributed by atoms with Gasteiger partial charge in [0.25, 0.3) is 0 Å². The summed E-state index contributed by atoms with van der Waals surface area (Å²) in [6.45, 7) is 2.75. The van der Waals surface area contributed by atoms with Crippen molar-refractivity contribution in [1.82, 2.24) is 4.90 Å². The summed E-state index contributed by atoms with van der Waals surface area (Å²) in [6.07, 6.45) is 0.837. The molecule has 4 heteroatoms. The molecule has 0 atom stereocenters. The zero-order valence-corrected chi connectivity index (χ0v) is 7.48. The molecule has 62 valence electrons. The van der Waals surface area contributed by atoms with Crippen molar-refractivity contribution in [2.24, 2.45) is 5.16 Å². The molecule has 0 aromatic carbocycles. The summed E-state index contributed by atoms with van der Waals surface area (Å²) in [6, 6.07) is 0. The van der Waals surface area contributed by atoms with Crippen LogP contribution in [0.15, 0.2) is 5.16 Å². The molecule has 3 nitrogen and oxygen atoms in total. The largest absolute Gasteiger partial charge is 0.411 e. The van der Waals surface area contributed by atoms with E-state index in [-0.39, 0.29) is 12.4 Å². The highest BCUT2D eigenvalue weighted by Crippen LogP contribution is 1.86. The minimum absolute atomic E-state index is 0. The van der Waals surface area contributed by atoms with Crippen LogP contribution in [0.3, 0.4) is 0 Å². The molecule has 0 fully saturated rings. The summed E-state index contributed by atoms with van der Waals surface area (Å²) < 4.78 is 0. The minimum Gasteiger partial charge on any atom is -0.411 e. The van der Waals surface area contributed by atoms with E-state index in [0.29, 0.717) is 0 Å². The van der Waals surface area contributed by atoms with E-state index >= 15 is 0 Å². The lowest BCUT2D eigenvalue weighted by Crippen LogP contribution is -2.15. The van der Waals surface area contributed by atoms with Gasteiger partial charge in [0, 0.05) is 13.0 Å². The number of halogens is 1. The van der Waals surface area contributed by atoms with Crippen LogP contribution >= 0.6 is 12.4 Å². The van der Waals surface area contributed by atoms with Gasteiger partial charge in [-0.05, 0) is 21.0 Å². The third kappa shape index (κ3) is 7.72. The monoisotopic (exact) mass is 166 g/mol. The first kappa shape index (κ1) is 12.4. The lowest BCUT2D eigenvalue weighted by molar-refractivity contribution is 0.315. The zero-order chi connectivity index (χ0) is 7.28. The molecule has 0 aromatic heterocycles. The fourth-order valence-corrected chi connectivity index (χ4v) is 0.435. The molecule has 0 aliphatic carbocycles. The average Bonchev–Trinajstić information content (AvgIpc) is 1.83. The molecule has 0 saturated carbocycles. The Kier molecular flexibility index (Phi) is 8.48. The summed E-state index contributed by atoms with van der Waals surface area (Å²) in [4.78, 5) is 2.05. The fourth-order valence-electron chi connectivity index (χ4n) is 0.435. The molecule has 0 amide bonds. The number of hydrogen-bond acceptors (Lipinski definition) is 3. The van der Waals surface area contributed by atoms with Crippen molar-refractivity contribution in [3.8, 4) is 0 Å². The van der Waals surface area contributed by atoms with Gasteiger partial charge in [-0.2, -0.15) is 0 Å². The molecule has 0 aliphatic rings. The third-order valence-electron chi connectivity index (χ3n) is 1.09. The number of nitrogens with zero attached hydrogens (tertiary/aromatic N) is 2. The summed E-state index contributed by atoms with van der Waals surface area (Å²) in [5, 5.41) is 11.3. The molecule has 0 unspecified atom stereocenters. The number of oxime groups is 1. The van der Waals surface area contributed by atoms with Crippen LogP contribution in [0.2, 0.25) is 0 Å². The summed E-state index contributed by atoms with van der Waals surface area (Å²) in [5.41, 5.74) is 0.781. The average molecular weight is 167 g/mol. The van der Waals surface area contributed by atoms with Gasteiger partial charge in [-0.3, -0.25) is 0 Å². The van der Waals surface area contributed by atoms with Crippen molar-refractivity contribution >= 4 is 18.1 Å². The molecule has 10 heavy (non-hydrogen) atoms. The van der Waals surface area contributed by atoms with Crippen LogP contribution in [0.4, 0.5) is 0 Å². The molecule has 0 spiro atoms. The van der Waals surface area contributed by atoms with Gasteiger partial charge in [0.2, 0.25) is 0 Å². The lowest BCUT2D eigenvalue weighted by Gasteiger charge is -2.06.